The first-order chi connectivity index (χ1) is 13.5. The fraction of sp³-hybridized carbons (Fsp3) is 0.0526. The number of amides is 2. The third-order valence-electron chi connectivity index (χ3n) is 3.71. The van der Waals surface area contributed by atoms with E-state index in [1.165, 1.54) is 18.3 Å². The van der Waals surface area contributed by atoms with Crippen LogP contribution in [-0.4, -0.2) is 21.8 Å². The van der Waals surface area contributed by atoms with E-state index in [0.717, 1.165) is 11.6 Å². The van der Waals surface area contributed by atoms with Crippen LogP contribution < -0.4 is 10.6 Å². The summed E-state index contributed by atoms with van der Waals surface area (Å²) in [5, 5.41) is 4.76. The maximum absolute atomic E-state index is 13.7. The third kappa shape index (κ3) is 4.32. The smallest absolute Gasteiger partial charge is 0.274 e. The van der Waals surface area contributed by atoms with Crippen molar-refractivity contribution in [2.45, 2.75) is 6.54 Å². The van der Waals surface area contributed by atoms with Gasteiger partial charge in [-0.25, -0.2) is 13.2 Å². The molecule has 3 aromatic rings. The second kappa shape index (κ2) is 8.30. The molecule has 0 aliphatic rings. The van der Waals surface area contributed by atoms with Crippen molar-refractivity contribution in [1.82, 2.24) is 15.3 Å². The molecule has 0 fully saturated rings. The van der Waals surface area contributed by atoms with Crippen molar-refractivity contribution in [3.05, 3.63) is 89.3 Å². The number of nitrogens with zero attached hydrogens (tertiary/aromatic N) is 2. The fourth-order valence-corrected chi connectivity index (χ4v) is 2.29. The third-order valence-corrected chi connectivity index (χ3v) is 3.71. The SMILES string of the molecule is O=C(NCc1cccnc1)c1ccnc(C(=O)Nc2ccc(F)c(F)c2F)c1. The summed E-state index contributed by atoms with van der Waals surface area (Å²) in [5.74, 6) is -5.94. The molecule has 0 saturated carbocycles. The zero-order chi connectivity index (χ0) is 20.1. The van der Waals surface area contributed by atoms with Gasteiger partial charge in [-0.05, 0) is 35.9 Å². The van der Waals surface area contributed by atoms with Crippen LogP contribution in [0.15, 0.2) is 55.0 Å². The van der Waals surface area contributed by atoms with Crippen LogP contribution >= 0.6 is 0 Å². The van der Waals surface area contributed by atoms with Crippen LogP contribution in [0, 0.1) is 17.5 Å². The number of hydrogen-bond acceptors (Lipinski definition) is 4. The van der Waals surface area contributed by atoms with E-state index >= 15 is 0 Å². The lowest BCUT2D eigenvalue weighted by Crippen LogP contribution is -2.24. The van der Waals surface area contributed by atoms with Crippen molar-refractivity contribution >= 4 is 17.5 Å². The minimum Gasteiger partial charge on any atom is -0.348 e. The minimum absolute atomic E-state index is 0.148. The van der Waals surface area contributed by atoms with E-state index in [0.29, 0.717) is 6.07 Å². The number of aromatic nitrogens is 2. The number of carbonyl (C=O) groups is 2. The lowest BCUT2D eigenvalue weighted by atomic mass is 10.2. The van der Waals surface area contributed by atoms with Gasteiger partial charge in [-0.15, -0.1) is 0 Å². The Bertz CT molecular complexity index is 1030. The summed E-state index contributed by atoms with van der Waals surface area (Å²) in [7, 11) is 0. The van der Waals surface area contributed by atoms with Gasteiger partial charge in [0.05, 0.1) is 5.69 Å². The molecular weight excluding hydrogens is 373 g/mol. The van der Waals surface area contributed by atoms with Crippen LogP contribution in [0.2, 0.25) is 0 Å². The molecule has 0 aliphatic heterocycles. The maximum Gasteiger partial charge on any atom is 0.274 e. The second-order valence-corrected chi connectivity index (χ2v) is 5.65. The molecule has 0 bridgehead atoms. The molecular formula is C19H13F3N4O2. The molecule has 142 valence electrons. The number of carbonyl (C=O) groups excluding carboxylic acids is 2. The molecule has 3 rings (SSSR count). The molecule has 6 nitrogen and oxygen atoms in total. The van der Waals surface area contributed by atoms with Crippen LogP contribution in [0.3, 0.4) is 0 Å². The van der Waals surface area contributed by atoms with Gasteiger partial charge in [0.1, 0.15) is 5.69 Å². The lowest BCUT2D eigenvalue weighted by Gasteiger charge is -2.08. The van der Waals surface area contributed by atoms with Crippen LogP contribution in [0.1, 0.15) is 26.4 Å². The van der Waals surface area contributed by atoms with E-state index in [9.17, 15) is 22.8 Å². The van der Waals surface area contributed by atoms with Gasteiger partial charge in [-0.3, -0.25) is 19.6 Å². The van der Waals surface area contributed by atoms with E-state index in [1.54, 1.807) is 24.5 Å². The van der Waals surface area contributed by atoms with Crippen molar-refractivity contribution < 1.29 is 22.8 Å². The van der Waals surface area contributed by atoms with Gasteiger partial charge < -0.3 is 10.6 Å². The second-order valence-electron chi connectivity index (χ2n) is 5.65. The number of rotatable bonds is 5. The van der Waals surface area contributed by atoms with Crippen molar-refractivity contribution in [3.63, 3.8) is 0 Å². The summed E-state index contributed by atoms with van der Waals surface area (Å²) in [4.78, 5) is 32.2. The van der Waals surface area contributed by atoms with Crippen LogP contribution in [0.5, 0.6) is 0 Å². The molecule has 28 heavy (non-hydrogen) atoms. The Balaban J connectivity index is 1.71. The topological polar surface area (TPSA) is 84.0 Å². The Kier molecular flexibility index (Phi) is 5.64. The van der Waals surface area contributed by atoms with E-state index in [-0.39, 0.29) is 17.8 Å². The molecule has 2 N–H and O–H groups in total. The van der Waals surface area contributed by atoms with Crippen molar-refractivity contribution in [2.24, 2.45) is 0 Å². The Morgan fingerprint density at radius 1 is 0.964 bits per heavy atom. The van der Waals surface area contributed by atoms with Gasteiger partial charge in [0.25, 0.3) is 11.8 Å². The Morgan fingerprint density at radius 3 is 2.54 bits per heavy atom. The van der Waals surface area contributed by atoms with Crippen molar-refractivity contribution in [3.8, 4) is 0 Å². The largest absolute Gasteiger partial charge is 0.348 e. The van der Waals surface area contributed by atoms with Gasteiger partial charge in [0.2, 0.25) is 0 Å². The predicted molar refractivity (Wildman–Crippen MR) is 93.9 cm³/mol. The quantitative estimate of drug-likeness (QED) is 0.660. The highest BCUT2D eigenvalue weighted by Crippen LogP contribution is 2.20. The van der Waals surface area contributed by atoms with Crippen molar-refractivity contribution in [1.29, 1.82) is 0 Å². The standard InChI is InChI=1S/C19H13F3N4O2/c20-13-3-4-14(17(22)16(13)21)26-19(28)15-8-12(5-7-24-15)18(27)25-10-11-2-1-6-23-9-11/h1-9H,10H2,(H,25,27)(H,26,28). The Labute approximate surface area is 157 Å². The number of pyridine rings is 2. The van der Waals surface area contributed by atoms with Crippen molar-refractivity contribution in [2.75, 3.05) is 5.32 Å². The normalized spacial score (nSPS) is 10.4. The molecule has 0 atom stereocenters. The maximum atomic E-state index is 13.7. The highest BCUT2D eigenvalue weighted by Gasteiger charge is 2.17. The van der Waals surface area contributed by atoms with Gasteiger partial charge in [-0.1, -0.05) is 6.07 Å². The summed E-state index contributed by atoms with van der Waals surface area (Å²) >= 11 is 0. The highest BCUT2D eigenvalue weighted by molar-refractivity contribution is 6.04. The van der Waals surface area contributed by atoms with Gasteiger partial charge in [0.15, 0.2) is 17.5 Å². The first-order valence-corrected chi connectivity index (χ1v) is 8.03. The predicted octanol–water partition coefficient (Wildman–Crippen LogP) is 3.08. The zero-order valence-corrected chi connectivity index (χ0v) is 14.2. The number of benzene rings is 1. The van der Waals surface area contributed by atoms with E-state index in [4.69, 9.17) is 0 Å². The Hall–Kier alpha value is -3.75. The number of halogens is 3. The highest BCUT2D eigenvalue weighted by atomic mass is 19.2. The van der Waals surface area contributed by atoms with Gasteiger partial charge in [0, 0.05) is 30.7 Å². The van der Waals surface area contributed by atoms with Crippen LogP contribution in [-0.2, 0) is 6.54 Å². The molecule has 0 unspecified atom stereocenters. The van der Waals surface area contributed by atoms with Crippen LogP contribution in [0.4, 0.5) is 18.9 Å². The molecule has 0 radical (unpaired) electrons. The first-order valence-electron chi connectivity index (χ1n) is 8.03. The molecule has 0 spiro atoms. The van der Waals surface area contributed by atoms with Gasteiger partial charge >= 0.3 is 0 Å². The molecule has 9 heteroatoms. The summed E-state index contributed by atoms with van der Waals surface area (Å²) in [5.41, 5.74) is 0.196. The number of hydrogen-bond donors (Lipinski definition) is 2. The van der Waals surface area contributed by atoms with E-state index in [2.05, 4.69) is 20.6 Å². The first kappa shape index (κ1) is 19.0. The van der Waals surface area contributed by atoms with Crippen LogP contribution in [0.25, 0.3) is 0 Å². The lowest BCUT2D eigenvalue weighted by molar-refractivity contribution is 0.0950. The molecule has 2 aromatic heterocycles. The van der Waals surface area contributed by atoms with E-state index < -0.39 is 35.0 Å². The molecule has 2 amide bonds. The molecule has 2 heterocycles. The minimum atomic E-state index is -1.70. The monoisotopic (exact) mass is 386 g/mol. The van der Waals surface area contributed by atoms with Gasteiger partial charge in [-0.2, -0.15) is 0 Å². The zero-order valence-electron chi connectivity index (χ0n) is 14.2. The fourth-order valence-electron chi connectivity index (χ4n) is 2.29. The summed E-state index contributed by atoms with van der Waals surface area (Å²) in [6.07, 6.45) is 4.44. The molecule has 1 aromatic carbocycles. The summed E-state index contributed by atoms with van der Waals surface area (Å²) in [6, 6.07) is 7.68. The van der Waals surface area contributed by atoms with E-state index in [1.807, 2.05) is 0 Å². The molecule has 0 saturated heterocycles. The number of anilines is 1. The Morgan fingerprint density at radius 2 is 1.79 bits per heavy atom. The summed E-state index contributed by atoms with van der Waals surface area (Å²) in [6.45, 7) is 0.233. The summed E-state index contributed by atoms with van der Waals surface area (Å²) < 4.78 is 39.9. The average molecular weight is 386 g/mol. The molecule has 0 aliphatic carbocycles. The number of nitrogens with one attached hydrogen (secondary N) is 2. The average Bonchev–Trinajstić information content (AvgIpc) is 2.73.